The van der Waals surface area contributed by atoms with Crippen LogP contribution >= 0.6 is 0 Å². The predicted molar refractivity (Wildman–Crippen MR) is 83.3 cm³/mol. The van der Waals surface area contributed by atoms with E-state index in [-0.39, 0.29) is 17.7 Å². The summed E-state index contributed by atoms with van der Waals surface area (Å²) in [6, 6.07) is 14.1. The molecule has 110 valence electrons. The number of aromatic nitrogens is 2. The SMILES string of the molecule is CCOC(=O)c1cccc2cnn(-c3ccccc3)c(=O)c12. The average molecular weight is 294 g/mol. The zero-order chi connectivity index (χ0) is 15.5. The number of rotatable bonds is 3. The zero-order valence-electron chi connectivity index (χ0n) is 12.0. The van der Waals surface area contributed by atoms with Gasteiger partial charge in [0, 0.05) is 5.39 Å². The fourth-order valence-electron chi connectivity index (χ4n) is 2.33. The van der Waals surface area contributed by atoms with Crippen molar-refractivity contribution >= 4 is 16.7 Å². The number of hydrogen-bond acceptors (Lipinski definition) is 4. The molecule has 0 fully saturated rings. The normalized spacial score (nSPS) is 10.6. The van der Waals surface area contributed by atoms with Crippen molar-refractivity contribution in [2.45, 2.75) is 6.92 Å². The van der Waals surface area contributed by atoms with Gasteiger partial charge < -0.3 is 4.74 Å². The Balaban J connectivity index is 2.28. The summed E-state index contributed by atoms with van der Waals surface area (Å²) in [6.45, 7) is 1.99. The third-order valence-corrected chi connectivity index (χ3v) is 3.31. The van der Waals surface area contributed by atoms with Gasteiger partial charge in [0.2, 0.25) is 0 Å². The summed E-state index contributed by atoms with van der Waals surface area (Å²) < 4.78 is 6.31. The summed E-state index contributed by atoms with van der Waals surface area (Å²) >= 11 is 0. The summed E-state index contributed by atoms with van der Waals surface area (Å²) in [5.74, 6) is -0.504. The Kier molecular flexibility index (Phi) is 3.70. The molecule has 0 saturated heterocycles. The average Bonchev–Trinajstić information content (AvgIpc) is 2.56. The van der Waals surface area contributed by atoms with Crippen molar-refractivity contribution in [2.24, 2.45) is 0 Å². The molecule has 5 nitrogen and oxygen atoms in total. The topological polar surface area (TPSA) is 61.2 Å². The van der Waals surface area contributed by atoms with Gasteiger partial charge >= 0.3 is 5.97 Å². The van der Waals surface area contributed by atoms with Crippen LogP contribution in [0.1, 0.15) is 17.3 Å². The Hall–Kier alpha value is -2.95. The molecule has 2 aromatic carbocycles. The largest absolute Gasteiger partial charge is 0.462 e. The zero-order valence-corrected chi connectivity index (χ0v) is 12.0. The number of esters is 1. The van der Waals surface area contributed by atoms with Gasteiger partial charge in [0.25, 0.3) is 5.56 Å². The maximum atomic E-state index is 12.8. The van der Waals surface area contributed by atoms with Gasteiger partial charge in [-0.2, -0.15) is 9.78 Å². The van der Waals surface area contributed by atoms with E-state index in [9.17, 15) is 9.59 Å². The molecule has 0 aliphatic carbocycles. The molecule has 3 rings (SSSR count). The molecule has 0 spiro atoms. The van der Waals surface area contributed by atoms with Crippen LogP contribution in [0.2, 0.25) is 0 Å². The van der Waals surface area contributed by atoms with Crippen molar-refractivity contribution in [3.63, 3.8) is 0 Å². The number of carbonyl (C=O) groups excluding carboxylic acids is 1. The Morgan fingerprint density at radius 1 is 1.14 bits per heavy atom. The molecule has 3 aromatic rings. The van der Waals surface area contributed by atoms with Gasteiger partial charge in [0.15, 0.2) is 0 Å². The van der Waals surface area contributed by atoms with Gasteiger partial charge in [-0.25, -0.2) is 4.79 Å². The Bertz CT molecular complexity index is 885. The van der Waals surface area contributed by atoms with Crippen molar-refractivity contribution in [3.8, 4) is 5.69 Å². The van der Waals surface area contributed by atoms with E-state index in [1.54, 1.807) is 43.5 Å². The fourth-order valence-corrected chi connectivity index (χ4v) is 2.33. The van der Waals surface area contributed by atoms with Crippen LogP contribution in [0.3, 0.4) is 0 Å². The lowest BCUT2D eigenvalue weighted by molar-refractivity contribution is 0.0528. The second-order valence-corrected chi connectivity index (χ2v) is 4.69. The molecule has 1 heterocycles. The number of fused-ring (bicyclic) bond motifs is 1. The van der Waals surface area contributed by atoms with Crippen LogP contribution in [0.4, 0.5) is 0 Å². The maximum absolute atomic E-state index is 12.8. The highest BCUT2D eigenvalue weighted by atomic mass is 16.5. The third kappa shape index (κ3) is 2.37. The van der Waals surface area contributed by atoms with E-state index in [0.717, 1.165) is 0 Å². The molecule has 0 amide bonds. The van der Waals surface area contributed by atoms with Crippen molar-refractivity contribution < 1.29 is 9.53 Å². The number of para-hydroxylation sites is 1. The fraction of sp³-hybridized carbons (Fsp3) is 0.118. The lowest BCUT2D eigenvalue weighted by atomic mass is 10.1. The second kappa shape index (κ2) is 5.81. The van der Waals surface area contributed by atoms with Crippen LogP contribution in [0, 0.1) is 0 Å². The number of carbonyl (C=O) groups is 1. The van der Waals surface area contributed by atoms with Gasteiger partial charge in [0.05, 0.1) is 29.4 Å². The summed E-state index contributed by atoms with van der Waals surface area (Å²) in [5, 5.41) is 5.11. The minimum Gasteiger partial charge on any atom is -0.462 e. The minimum atomic E-state index is -0.504. The van der Waals surface area contributed by atoms with Gasteiger partial charge in [-0.3, -0.25) is 4.79 Å². The summed E-state index contributed by atoms with van der Waals surface area (Å²) in [6.07, 6.45) is 1.58. The van der Waals surface area contributed by atoms with E-state index in [4.69, 9.17) is 4.74 Å². The first-order chi connectivity index (χ1) is 10.7. The van der Waals surface area contributed by atoms with Crippen molar-refractivity contribution in [1.29, 1.82) is 0 Å². The van der Waals surface area contributed by atoms with Crippen LogP contribution in [-0.4, -0.2) is 22.4 Å². The van der Waals surface area contributed by atoms with Gasteiger partial charge in [-0.05, 0) is 25.1 Å². The molecule has 5 heteroatoms. The van der Waals surface area contributed by atoms with Gasteiger partial charge in [-0.15, -0.1) is 0 Å². The second-order valence-electron chi connectivity index (χ2n) is 4.69. The van der Waals surface area contributed by atoms with Crippen LogP contribution in [0.5, 0.6) is 0 Å². The molecule has 22 heavy (non-hydrogen) atoms. The molecule has 1 aromatic heterocycles. The first kappa shape index (κ1) is 14.0. The molecule has 0 N–H and O–H groups in total. The third-order valence-electron chi connectivity index (χ3n) is 3.31. The summed E-state index contributed by atoms with van der Waals surface area (Å²) in [7, 11) is 0. The van der Waals surface area contributed by atoms with Gasteiger partial charge in [0.1, 0.15) is 0 Å². The molecule has 0 bridgehead atoms. The van der Waals surface area contributed by atoms with E-state index in [1.807, 2.05) is 18.2 Å². The quantitative estimate of drug-likeness (QED) is 0.697. The predicted octanol–water partition coefficient (Wildman–Crippen LogP) is 2.56. The van der Waals surface area contributed by atoms with E-state index in [1.165, 1.54) is 4.68 Å². The lowest BCUT2D eigenvalue weighted by Crippen LogP contribution is -2.23. The Morgan fingerprint density at radius 2 is 1.91 bits per heavy atom. The van der Waals surface area contributed by atoms with Crippen LogP contribution < -0.4 is 5.56 Å². The molecule has 0 aliphatic heterocycles. The summed E-state index contributed by atoms with van der Waals surface area (Å²) in [5.41, 5.74) is 0.567. The standard InChI is InChI=1S/C17H14N2O3/c1-2-22-17(21)14-10-6-7-12-11-18-19(16(20)15(12)14)13-8-4-3-5-9-13/h3-11H,2H2,1H3. The molecule has 0 saturated carbocycles. The highest BCUT2D eigenvalue weighted by Gasteiger charge is 2.16. The van der Waals surface area contributed by atoms with Crippen LogP contribution in [0.25, 0.3) is 16.5 Å². The van der Waals surface area contributed by atoms with Gasteiger partial charge in [-0.1, -0.05) is 30.3 Å². The van der Waals surface area contributed by atoms with E-state index >= 15 is 0 Å². The molecule has 0 radical (unpaired) electrons. The molecule has 0 atom stereocenters. The Labute approximate surface area is 126 Å². The van der Waals surface area contributed by atoms with E-state index < -0.39 is 5.97 Å². The highest BCUT2D eigenvalue weighted by Crippen LogP contribution is 2.16. The smallest absolute Gasteiger partial charge is 0.338 e. The molecular formula is C17H14N2O3. The van der Waals surface area contributed by atoms with Crippen molar-refractivity contribution in [1.82, 2.24) is 9.78 Å². The van der Waals surface area contributed by atoms with E-state index in [0.29, 0.717) is 16.5 Å². The number of ether oxygens (including phenoxy) is 1. The minimum absolute atomic E-state index is 0.257. The maximum Gasteiger partial charge on any atom is 0.338 e. The number of benzene rings is 2. The molecule has 0 aliphatic rings. The lowest BCUT2D eigenvalue weighted by Gasteiger charge is -2.08. The first-order valence-corrected chi connectivity index (χ1v) is 6.96. The highest BCUT2D eigenvalue weighted by molar-refractivity contribution is 6.03. The van der Waals surface area contributed by atoms with Crippen LogP contribution in [-0.2, 0) is 4.74 Å². The van der Waals surface area contributed by atoms with Crippen molar-refractivity contribution in [2.75, 3.05) is 6.61 Å². The molecular weight excluding hydrogens is 280 g/mol. The number of hydrogen-bond donors (Lipinski definition) is 0. The first-order valence-electron chi connectivity index (χ1n) is 6.96. The Morgan fingerprint density at radius 3 is 2.64 bits per heavy atom. The van der Waals surface area contributed by atoms with E-state index in [2.05, 4.69) is 5.10 Å². The molecule has 0 unspecified atom stereocenters. The van der Waals surface area contributed by atoms with Crippen LogP contribution in [0.15, 0.2) is 59.5 Å². The number of nitrogens with zero attached hydrogens (tertiary/aromatic N) is 2. The monoisotopic (exact) mass is 294 g/mol. The summed E-state index contributed by atoms with van der Waals surface area (Å²) in [4.78, 5) is 24.8. The van der Waals surface area contributed by atoms with Crippen molar-refractivity contribution in [3.05, 3.63) is 70.6 Å².